The van der Waals surface area contributed by atoms with Crippen LogP contribution in [0.1, 0.15) is 26.3 Å². The summed E-state index contributed by atoms with van der Waals surface area (Å²) in [6.07, 6.45) is -1.74. The molecule has 1 aliphatic heterocycles. The number of halogens is 4. The Morgan fingerprint density at radius 2 is 2.04 bits per heavy atom. The number of hydrogen-bond donors (Lipinski definition) is 0. The Hall–Kier alpha value is -1.09. The number of aromatic nitrogens is 4. The van der Waals surface area contributed by atoms with Crippen molar-refractivity contribution in [2.24, 2.45) is 11.3 Å². The molecule has 0 N–H and O–H groups in total. The van der Waals surface area contributed by atoms with Gasteiger partial charge in [-0.1, -0.05) is 11.6 Å². The lowest BCUT2D eigenvalue weighted by Crippen LogP contribution is -2.34. The normalized spacial score (nSPS) is 38.4. The van der Waals surface area contributed by atoms with E-state index in [-0.39, 0.29) is 22.4 Å². The average Bonchev–Trinajstić information content (AvgIpc) is 2.83. The zero-order valence-electron chi connectivity index (χ0n) is 13.3. The van der Waals surface area contributed by atoms with Gasteiger partial charge in [-0.05, 0) is 37.8 Å². The Balaban J connectivity index is 1.66. The van der Waals surface area contributed by atoms with Crippen molar-refractivity contribution in [3.05, 3.63) is 16.8 Å². The molecule has 0 spiro atoms. The summed E-state index contributed by atoms with van der Waals surface area (Å²) >= 11 is 12.0. The maximum atomic E-state index is 13.9. The van der Waals surface area contributed by atoms with Crippen LogP contribution in [0.3, 0.4) is 0 Å². The molecule has 1 saturated heterocycles. The first-order chi connectivity index (χ1) is 11.7. The molecule has 2 aliphatic carbocycles. The lowest BCUT2D eigenvalue weighted by Gasteiger charge is -2.24. The quantitative estimate of drug-likeness (QED) is 0.580. The van der Waals surface area contributed by atoms with Crippen molar-refractivity contribution in [2.45, 2.75) is 50.7 Å². The Morgan fingerprint density at radius 3 is 2.76 bits per heavy atom. The van der Waals surface area contributed by atoms with Crippen molar-refractivity contribution in [1.82, 2.24) is 19.5 Å². The summed E-state index contributed by atoms with van der Waals surface area (Å²) in [6.45, 7) is 3.47. The van der Waals surface area contributed by atoms with E-state index >= 15 is 0 Å². The minimum atomic E-state index is -2.48. The van der Waals surface area contributed by atoms with Crippen LogP contribution in [0.5, 0.6) is 0 Å². The molecule has 0 bridgehead atoms. The van der Waals surface area contributed by atoms with Crippen LogP contribution >= 0.6 is 23.2 Å². The van der Waals surface area contributed by atoms with Gasteiger partial charge in [0.05, 0.1) is 17.8 Å². The highest BCUT2D eigenvalue weighted by Crippen LogP contribution is 2.73. The first-order valence-electron chi connectivity index (χ1n) is 7.94. The van der Waals surface area contributed by atoms with Gasteiger partial charge in [0.1, 0.15) is 17.7 Å². The predicted molar refractivity (Wildman–Crippen MR) is 84.7 cm³/mol. The molecule has 6 nitrogen and oxygen atoms in total. The monoisotopic (exact) mass is 390 g/mol. The molecule has 3 heterocycles. The third-order valence-electron chi connectivity index (χ3n) is 5.59. The van der Waals surface area contributed by atoms with Gasteiger partial charge >= 0.3 is 0 Å². The summed E-state index contributed by atoms with van der Waals surface area (Å²) in [6, 6.07) is -0.368. The zero-order chi connectivity index (χ0) is 17.7. The van der Waals surface area contributed by atoms with Crippen molar-refractivity contribution in [2.75, 3.05) is 0 Å². The molecule has 134 valence electrons. The molecule has 3 aliphatic rings. The van der Waals surface area contributed by atoms with E-state index in [1.54, 1.807) is 18.4 Å². The average molecular weight is 391 g/mol. The first-order valence-corrected chi connectivity index (χ1v) is 8.69. The Labute approximate surface area is 151 Å². The van der Waals surface area contributed by atoms with E-state index in [0.29, 0.717) is 17.6 Å². The van der Waals surface area contributed by atoms with Gasteiger partial charge in [0.15, 0.2) is 16.6 Å². The fourth-order valence-electron chi connectivity index (χ4n) is 4.57. The van der Waals surface area contributed by atoms with Gasteiger partial charge in [-0.25, -0.2) is 18.7 Å². The van der Waals surface area contributed by atoms with Gasteiger partial charge in [-0.3, -0.25) is 0 Å². The van der Waals surface area contributed by atoms with Crippen LogP contribution in [0, 0.1) is 11.3 Å². The lowest BCUT2D eigenvalue weighted by molar-refractivity contribution is -0.168. The maximum absolute atomic E-state index is 13.9. The molecule has 5 rings (SSSR count). The van der Waals surface area contributed by atoms with Crippen LogP contribution in [0.15, 0.2) is 6.33 Å². The Kier molecular flexibility index (Phi) is 3.09. The first kappa shape index (κ1) is 16.1. The summed E-state index contributed by atoms with van der Waals surface area (Å²) in [5.74, 6) is -1.19. The third-order valence-corrected chi connectivity index (χ3v) is 6.02. The van der Waals surface area contributed by atoms with Crippen LogP contribution in [0.4, 0.5) is 8.78 Å². The van der Waals surface area contributed by atoms with Crippen molar-refractivity contribution in [3.8, 4) is 0 Å². The van der Waals surface area contributed by atoms with Gasteiger partial charge in [-0.15, -0.1) is 0 Å². The van der Waals surface area contributed by atoms with Crippen molar-refractivity contribution in [1.29, 1.82) is 0 Å². The van der Waals surface area contributed by atoms with E-state index in [1.807, 2.05) is 0 Å². The topological polar surface area (TPSA) is 62.1 Å². The highest BCUT2D eigenvalue weighted by Gasteiger charge is 2.79. The summed E-state index contributed by atoms with van der Waals surface area (Å²) in [5.41, 5.74) is -0.379. The van der Waals surface area contributed by atoms with E-state index < -0.39 is 29.8 Å². The van der Waals surface area contributed by atoms with Crippen LogP contribution < -0.4 is 0 Å². The maximum Gasteiger partial charge on any atom is 0.247 e. The number of rotatable bonds is 2. The smallest absolute Gasteiger partial charge is 0.247 e. The SMILES string of the molecule is CC1(C)O[C@H]2[C@H](n3cnc4c(Cl)nc(Cl)nc43)[C@H]3C[C@@]3(C(F)F)[C@H]2O1. The van der Waals surface area contributed by atoms with E-state index in [2.05, 4.69) is 15.0 Å². The summed E-state index contributed by atoms with van der Waals surface area (Å²) in [5, 5.41) is 0.108. The fourth-order valence-corrected chi connectivity index (χ4v) is 5.00. The largest absolute Gasteiger partial charge is 0.344 e. The number of hydrogen-bond acceptors (Lipinski definition) is 5. The molecule has 0 unspecified atom stereocenters. The zero-order valence-corrected chi connectivity index (χ0v) is 14.8. The molecule has 0 aromatic carbocycles. The van der Waals surface area contributed by atoms with Gasteiger partial charge in [-0.2, -0.15) is 4.98 Å². The van der Waals surface area contributed by atoms with Crippen LogP contribution in [-0.4, -0.2) is 43.9 Å². The fraction of sp³-hybridized carbons (Fsp3) is 0.667. The van der Waals surface area contributed by atoms with Gasteiger partial charge in [0.2, 0.25) is 11.7 Å². The number of nitrogens with zero attached hydrogens (tertiary/aromatic N) is 4. The van der Waals surface area contributed by atoms with Crippen LogP contribution in [-0.2, 0) is 9.47 Å². The van der Waals surface area contributed by atoms with E-state index in [4.69, 9.17) is 32.7 Å². The van der Waals surface area contributed by atoms with E-state index in [1.165, 1.54) is 6.33 Å². The molecule has 10 heteroatoms. The molecule has 0 radical (unpaired) electrons. The van der Waals surface area contributed by atoms with Crippen LogP contribution in [0.2, 0.25) is 10.4 Å². The highest BCUT2D eigenvalue weighted by molar-refractivity contribution is 6.35. The standard InChI is InChI=1S/C15H14Cl2F2N4O2/c1-14(2)24-8-7(5-3-15(5,12(18)19)9(8)25-14)23-4-20-6-10(16)21-13(17)22-11(6)23/h4-5,7-9,12H,3H2,1-2H3/t5-,7-,8+,9+,15+/m1/s1. The second-order valence-electron chi connectivity index (χ2n) is 7.34. The summed E-state index contributed by atoms with van der Waals surface area (Å²) in [4.78, 5) is 12.3. The molecule has 2 aromatic heterocycles. The second kappa shape index (κ2) is 4.79. The van der Waals surface area contributed by atoms with E-state index in [9.17, 15) is 8.78 Å². The Morgan fingerprint density at radius 1 is 1.28 bits per heavy atom. The number of alkyl halides is 2. The van der Waals surface area contributed by atoms with Crippen molar-refractivity contribution >= 4 is 34.4 Å². The molecule has 5 atom stereocenters. The highest BCUT2D eigenvalue weighted by atomic mass is 35.5. The minimum Gasteiger partial charge on any atom is -0.344 e. The molecule has 2 aromatic rings. The summed E-state index contributed by atoms with van der Waals surface area (Å²) in [7, 11) is 0. The molecular weight excluding hydrogens is 377 g/mol. The van der Waals surface area contributed by atoms with E-state index in [0.717, 1.165) is 0 Å². The van der Waals surface area contributed by atoms with Crippen LogP contribution in [0.25, 0.3) is 11.2 Å². The van der Waals surface area contributed by atoms with Gasteiger partial charge < -0.3 is 14.0 Å². The van der Waals surface area contributed by atoms with Crippen molar-refractivity contribution < 1.29 is 18.3 Å². The van der Waals surface area contributed by atoms with Gasteiger partial charge in [0, 0.05) is 0 Å². The Bertz CT molecular complexity index is 892. The number of fused-ring (bicyclic) bond motifs is 4. The second-order valence-corrected chi connectivity index (χ2v) is 8.04. The minimum absolute atomic E-state index is 0.0198. The third kappa shape index (κ3) is 1.99. The predicted octanol–water partition coefficient (Wildman–Crippen LogP) is 3.48. The molecule has 2 saturated carbocycles. The number of imidazole rings is 1. The molecule has 25 heavy (non-hydrogen) atoms. The summed E-state index contributed by atoms with van der Waals surface area (Å²) < 4.78 is 41.3. The lowest BCUT2D eigenvalue weighted by atomic mass is 10.00. The van der Waals surface area contributed by atoms with Crippen molar-refractivity contribution in [3.63, 3.8) is 0 Å². The van der Waals surface area contributed by atoms with Gasteiger partial charge in [0.25, 0.3) is 0 Å². The molecule has 3 fully saturated rings. The molecule has 0 amide bonds. The molecular formula is C15H14Cl2F2N4O2. The number of ether oxygens (including phenoxy) is 2.